The predicted molar refractivity (Wildman–Crippen MR) is 46.0 cm³/mol. The van der Waals surface area contributed by atoms with Crippen molar-refractivity contribution < 1.29 is 22.3 Å². The van der Waals surface area contributed by atoms with Gasteiger partial charge in [0.05, 0.1) is 6.29 Å². The molecule has 1 aromatic carbocycles. The number of phenolic OH excluding ortho intramolecular Hbond substituents is 1. The van der Waals surface area contributed by atoms with Gasteiger partial charge in [-0.25, -0.2) is 0 Å². The maximum atomic E-state index is 10.7. The van der Waals surface area contributed by atoms with Crippen LogP contribution in [0.25, 0.3) is 0 Å². The standard InChI is InChI=1S/C8H7NO5/c10-4-6-1-2-7(11)8(3-6)14-5-9(12)13/h1-4,11H,5H2/i3D,4D. The van der Waals surface area contributed by atoms with E-state index < -0.39 is 35.5 Å². The number of aldehydes is 1. The molecule has 0 fully saturated rings. The number of aromatic hydroxyl groups is 1. The highest BCUT2D eigenvalue weighted by Crippen LogP contribution is 2.25. The summed E-state index contributed by atoms with van der Waals surface area (Å²) in [5.74, 6) is -0.966. The summed E-state index contributed by atoms with van der Waals surface area (Å²) in [5, 5.41) is 19.3. The van der Waals surface area contributed by atoms with Gasteiger partial charge in [-0.3, -0.25) is 14.9 Å². The highest BCUT2D eigenvalue weighted by Gasteiger charge is 2.06. The smallest absolute Gasteiger partial charge is 0.344 e. The summed E-state index contributed by atoms with van der Waals surface area (Å²) in [4.78, 5) is 20.0. The second kappa shape index (κ2) is 4.22. The van der Waals surface area contributed by atoms with Gasteiger partial charge >= 0.3 is 6.73 Å². The van der Waals surface area contributed by atoms with Crippen LogP contribution in [0.1, 0.15) is 13.1 Å². The van der Waals surface area contributed by atoms with Gasteiger partial charge in [-0.05, 0) is 18.2 Å². The number of carbonyl (C=O) groups excluding carboxylic acids is 1. The normalized spacial score (nSPS) is 11.4. The lowest BCUT2D eigenvalue weighted by Crippen LogP contribution is -2.08. The SMILES string of the molecule is [2H]C(=O)c1ccc(O)c(OC[N+](=O)[O-])c1[2H]. The fourth-order valence-corrected chi connectivity index (χ4v) is 0.753. The Bertz CT molecular complexity index is 448. The summed E-state index contributed by atoms with van der Waals surface area (Å²) in [6.45, 7) is -0.935. The Kier molecular flexibility index (Phi) is 2.20. The van der Waals surface area contributed by atoms with Crippen LogP contribution in [-0.2, 0) is 0 Å². The number of hydrogen-bond acceptors (Lipinski definition) is 5. The molecule has 0 bridgehead atoms. The average molecular weight is 199 g/mol. The molecule has 14 heavy (non-hydrogen) atoms. The fraction of sp³-hybridized carbons (Fsp3) is 0.125. The molecule has 0 saturated carbocycles. The van der Waals surface area contributed by atoms with E-state index in [1.807, 2.05) is 0 Å². The molecule has 0 aliphatic carbocycles. The minimum atomic E-state index is -1.13. The monoisotopic (exact) mass is 199 g/mol. The first kappa shape index (κ1) is 7.31. The van der Waals surface area contributed by atoms with Crippen molar-refractivity contribution in [1.29, 1.82) is 0 Å². The largest absolute Gasteiger partial charge is 0.504 e. The van der Waals surface area contributed by atoms with E-state index in [0.29, 0.717) is 0 Å². The molecule has 0 radical (unpaired) electrons. The van der Waals surface area contributed by atoms with Crippen molar-refractivity contribution >= 4 is 6.26 Å². The summed E-state index contributed by atoms with van der Waals surface area (Å²) in [7, 11) is 0. The van der Waals surface area contributed by atoms with Crippen molar-refractivity contribution in [3.05, 3.63) is 33.9 Å². The molecule has 0 aliphatic rings. The first-order valence-corrected chi connectivity index (χ1v) is 3.51. The number of ether oxygens (including phenoxy) is 1. The van der Waals surface area contributed by atoms with Gasteiger partial charge in [0.15, 0.2) is 11.5 Å². The summed E-state index contributed by atoms with van der Waals surface area (Å²) in [6.07, 6.45) is -1.13. The van der Waals surface area contributed by atoms with Crippen LogP contribution in [-0.4, -0.2) is 23.0 Å². The molecule has 0 aliphatic heterocycles. The number of hydrogen-bond donors (Lipinski definition) is 1. The third kappa shape index (κ3) is 2.44. The Morgan fingerprint density at radius 1 is 1.79 bits per heavy atom. The van der Waals surface area contributed by atoms with Gasteiger partial charge in [0.25, 0.3) is 0 Å². The van der Waals surface area contributed by atoms with E-state index >= 15 is 0 Å². The molecule has 6 nitrogen and oxygen atoms in total. The Labute approximate surface area is 81.7 Å². The van der Waals surface area contributed by atoms with Crippen LogP contribution < -0.4 is 4.74 Å². The minimum Gasteiger partial charge on any atom is -0.504 e. The minimum absolute atomic E-state index is 0.295. The van der Waals surface area contributed by atoms with Gasteiger partial charge in [-0.1, -0.05) is 0 Å². The summed E-state index contributed by atoms with van der Waals surface area (Å²) in [5.41, 5.74) is -0.295. The third-order valence-electron chi connectivity index (χ3n) is 1.31. The molecule has 0 aromatic heterocycles. The van der Waals surface area contributed by atoms with Crippen LogP contribution in [0.3, 0.4) is 0 Å². The molecule has 74 valence electrons. The summed E-state index contributed by atoms with van der Waals surface area (Å²) < 4.78 is 18.8. The molecule has 0 amide bonds. The van der Waals surface area contributed by atoms with Crippen molar-refractivity contribution in [3.63, 3.8) is 0 Å². The van der Waals surface area contributed by atoms with E-state index in [-0.39, 0.29) is 5.56 Å². The molecule has 1 aromatic rings. The molecule has 0 spiro atoms. The number of phenols is 1. The number of benzene rings is 1. The Morgan fingerprint density at radius 3 is 3.07 bits per heavy atom. The van der Waals surface area contributed by atoms with Crippen molar-refractivity contribution in [2.75, 3.05) is 6.73 Å². The molecule has 1 N–H and O–H groups in total. The molecule has 0 atom stereocenters. The maximum absolute atomic E-state index is 10.7. The van der Waals surface area contributed by atoms with Crippen LogP contribution in [0, 0.1) is 10.1 Å². The highest BCUT2D eigenvalue weighted by molar-refractivity contribution is 5.76. The van der Waals surface area contributed by atoms with Crippen LogP contribution >= 0.6 is 0 Å². The molecular formula is C8H7NO5. The van der Waals surface area contributed by atoms with E-state index in [1.54, 1.807) is 0 Å². The Hall–Kier alpha value is -2.11. The number of nitrogens with zero attached hydrogens (tertiary/aromatic N) is 1. The topological polar surface area (TPSA) is 89.7 Å². The highest BCUT2D eigenvalue weighted by atomic mass is 16.7. The first-order valence-electron chi connectivity index (χ1n) is 4.51. The van der Waals surface area contributed by atoms with Crippen molar-refractivity contribution in [2.24, 2.45) is 0 Å². The second-order valence-electron chi connectivity index (χ2n) is 2.29. The van der Waals surface area contributed by atoms with E-state index in [0.717, 1.165) is 12.1 Å². The summed E-state index contributed by atoms with van der Waals surface area (Å²) >= 11 is 0. The number of rotatable bonds is 4. The zero-order chi connectivity index (χ0) is 12.3. The van der Waals surface area contributed by atoms with Crippen LogP contribution in [0.5, 0.6) is 11.5 Å². The lowest BCUT2D eigenvalue weighted by atomic mass is 10.2. The van der Waals surface area contributed by atoms with Crippen molar-refractivity contribution in [1.82, 2.24) is 0 Å². The Morgan fingerprint density at radius 2 is 2.50 bits per heavy atom. The quantitative estimate of drug-likeness (QED) is 0.335. The molecule has 0 heterocycles. The molecular weight excluding hydrogens is 190 g/mol. The van der Waals surface area contributed by atoms with Gasteiger partial charge in [0.2, 0.25) is 0 Å². The van der Waals surface area contributed by atoms with Crippen LogP contribution in [0.4, 0.5) is 0 Å². The van der Waals surface area contributed by atoms with Gasteiger partial charge in [0.1, 0.15) is 7.63 Å². The zero-order valence-corrected chi connectivity index (χ0v) is 6.89. The van der Waals surface area contributed by atoms with E-state index in [9.17, 15) is 20.0 Å². The van der Waals surface area contributed by atoms with Gasteiger partial charge in [-0.15, -0.1) is 0 Å². The number of nitro groups is 1. The lowest BCUT2D eigenvalue weighted by molar-refractivity contribution is -0.514. The van der Waals surface area contributed by atoms with E-state index in [4.69, 9.17) is 2.74 Å². The van der Waals surface area contributed by atoms with Gasteiger partial charge in [0, 0.05) is 5.56 Å². The zero-order valence-electron chi connectivity index (χ0n) is 8.89. The van der Waals surface area contributed by atoms with E-state index in [2.05, 4.69) is 4.74 Å². The van der Waals surface area contributed by atoms with Crippen LogP contribution in [0.2, 0.25) is 0 Å². The molecule has 6 heteroatoms. The maximum Gasteiger partial charge on any atom is 0.344 e. The van der Waals surface area contributed by atoms with Gasteiger partial charge in [-0.2, -0.15) is 0 Å². The predicted octanol–water partition coefficient (Wildman–Crippen LogP) is 0.818. The second-order valence-corrected chi connectivity index (χ2v) is 2.29. The van der Waals surface area contributed by atoms with Crippen molar-refractivity contribution in [2.45, 2.75) is 0 Å². The number of carbonyl (C=O) groups is 1. The third-order valence-corrected chi connectivity index (χ3v) is 1.31. The average Bonchev–Trinajstić information content (AvgIpc) is 2.16. The summed E-state index contributed by atoms with van der Waals surface area (Å²) in [6, 6.07) is 1.57. The van der Waals surface area contributed by atoms with Crippen molar-refractivity contribution in [3.8, 4) is 11.5 Å². The lowest BCUT2D eigenvalue weighted by Gasteiger charge is -2.03. The molecule has 1 rings (SSSR count). The fourth-order valence-electron chi connectivity index (χ4n) is 0.753. The van der Waals surface area contributed by atoms with E-state index in [1.165, 1.54) is 0 Å². The first-order chi connectivity index (χ1) is 7.43. The van der Waals surface area contributed by atoms with Crippen LogP contribution in [0.15, 0.2) is 18.2 Å². The van der Waals surface area contributed by atoms with Gasteiger partial charge < -0.3 is 9.84 Å². The Balaban J connectivity index is 3.11. The molecule has 0 unspecified atom stereocenters. The molecule has 0 saturated heterocycles.